The summed E-state index contributed by atoms with van der Waals surface area (Å²) in [7, 11) is 0. The van der Waals surface area contributed by atoms with Crippen molar-refractivity contribution in [3.8, 4) is 0 Å². The van der Waals surface area contributed by atoms with Gasteiger partial charge in [0, 0.05) is 41.3 Å². The maximum Gasteiger partial charge on any atom is 0.363 e. The van der Waals surface area contributed by atoms with Crippen LogP contribution < -0.4 is 0 Å². The topological polar surface area (TPSA) is 130 Å². The minimum atomic E-state index is -0.758. The van der Waals surface area contributed by atoms with E-state index in [1.165, 1.54) is 0 Å². The molecule has 0 spiro atoms. The Morgan fingerprint density at radius 2 is 1.57 bits per heavy atom. The zero-order valence-electron chi connectivity index (χ0n) is 18.0. The summed E-state index contributed by atoms with van der Waals surface area (Å²) in [4.78, 5) is 37.6. The predicted octanol–water partition coefficient (Wildman–Crippen LogP) is 4.85. The Hall–Kier alpha value is -5.12. The molecule has 0 radical (unpaired) electrons. The number of hydrogen-bond acceptors (Lipinski definition) is 7. The summed E-state index contributed by atoms with van der Waals surface area (Å²) in [6.45, 7) is 0.626. The van der Waals surface area contributed by atoms with Crippen LogP contribution in [0.4, 0.5) is 11.4 Å². The number of nitrogens with zero attached hydrogens (tertiary/aromatic N) is 4. The number of ether oxygens (including phenoxy) is 1. The molecule has 1 aromatic heterocycles. The molecular weight excluding hydrogens is 452 g/mol. The molecule has 5 rings (SSSR count). The Labute approximate surface area is 197 Å². The van der Waals surface area contributed by atoms with Crippen LogP contribution >= 0.6 is 0 Å². The first kappa shape index (κ1) is 21.7. The molecule has 0 amide bonds. The molecule has 172 valence electrons. The van der Waals surface area contributed by atoms with E-state index in [0.29, 0.717) is 6.54 Å². The molecule has 0 atom stereocenters. The van der Waals surface area contributed by atoms with Crippen molar-refractivity contribution in [1.82, 2.24) is 4.57 Å². The van der Waals surface area contributed by atoms with E-state index < -0.39 is 27.2 Å². The minimum Gasteiger partial charge on any atom is -0.402 e. The van der Waals surface area contributed by atoms with Crippen LogP contribution in [0, 0.1) is 20.2 Å². The normalized spacial score (nSPS) is 14.2. The van der Waals surface area contributed by atoms with Crippen molar-refractivity contribution < 1.29 is 19.4 Å². The van der Waals surface area contributed by atoms with E-state index in [4.69, 9.17) is 4.74 Å². The second-order valence-electron chi connectivity index (χ2n) is 7.80. The summed E-state index contributed by atoms with van der Waals surface area (Å²) in [6.07, 6.45) is 3.48. The number of hydrogen-bond donors (Lipinski definition) is 0. The average molecular weight is 468 g/mol. The zero-order chi connectivity index (χ0) is 24.5. The molecule has 0 unspecified atom stereocenters. The van der Waals surface area contributed by atoms with Gasteiger partial charge in [0.2, 0.25) is 5.90 Å². The van der Waals surface area contributed by atoms with Gasteiger partial charge in [0.05, 0.1) is 21.5 Å². The lowest BCUT2D eigenvalue weighted by molar-refractivity contribution is -0.394. The van der Waals surface area contributed by atoms with Gasteiger partial charge in [-0.1, -0.05) is 48.5 Å². The highest BCUT2D eigenvalue weighted by molar-refractivity contribution is 6.13. The monoisotopic (exact) mass is 468 g/mol. The van der Waals surface area contributed by atoms with E-state index in [-0.39, 0.29) is 17.2 Å². The first-order chi connectivity index (χ1) is 16.9. The van der Waals surface area contributed by atoms with E-state index >= 15 is 0 Å². The minimum absolute atomic E-state index is 0.0169. The number of nitro benzene ring substituents is 2. The van der Waals surface area contributed by atoms with Crippen molar-refractivity contribution in [3.63, 3.8) is 0 Å². The molecule has 1 aliphatic rings. The number of para-hydroxylation sites is 1. The van der Waals surface area contributed by atoms with Gasteiger partial charge in [-0.3, -0.25) is 20.2 Å². The molecule has 4 aromatic rings. The molecule has 10 heteroatoms. The quantitative estimate of drug-likeness (QED) is 0.172. The summed E-state index contributed by atoms with van der Waals surface area (Å²) in [5.41, 5.74) is 1.75. The number of cyclic esters (lactones) is 1. The number of fused-ring (bicyclic) bond motifs is 1. The van der Waals surface area contributed by atoms with E-state index in [1.54, 1.807) is 6.08 Å². The van der Waals surface area contributed by atoms with Crippen molar-refractivity contribution in [3.05, 3.63) is 122 Å². The maximum atomic E-state index is 12.6. The highest BCUT2D eigenvalue weighted by Crippen LogP contribution is 2.29. The fourth-order valence-electron chi connectivity index (χ4n) is 3.91. The molecule has 0 aliphatic carbocycles. The SMILES string of the molecule is O=C1OC(c2cc([N+](=O)[O-])cc([N+](=O)[O-])c2)=N/C1=C\c1cn(Cc2ccccc2)c2ccccc12. The second kappa shape index (κ2) is 8.67. The fraction of sp³-hybridized carbons (Fsp3) is 0.0400. The molecular formula is C25H16N4O6. The van der Waals surface area contributed by atoms with Crippen LogP contribution in [0.3, 0.4) is 0 Å². The van der Waals surface area contributed by atoms with Crippen molar-refractivity contribution in [1.29, 1.82) is 0 Å². The molecule has 3 aromatic carbocycles. The van der Waals surface area contributed by atoms with Crippen LogP contribution in [0.15, 0.2) is 89.7 Å². The average Bonchev–Trinajstić information content (AvgIpc) is 3.40. The molecule has 0 saturated carbocycles. The number of esters is 1. The number of aliphatic imine (C=N–C) groups is 1. The molecule has 35 heavy (non-hydrogen) atoms. The lowest BCUT2D eigenvalue weighted by Crippen LogP contribution is -2.06. The van der Waals surface area contributed by atoms with Crippen LogP contribution in [-0.2, 0) is 16.1 Å². The first-order valence-corrected chi connectivity index (χ1v) is 10.5. The number of benzene rings is 3. The molecule has 0 saturated heterocycles. The Morgan fingerprint density at radius 1 is 0.914 bits per heavy atom. The summed E-state index contributed by atoms with van der Waals surface area (Å²) in [6, 6.07) is 20.6. The molecule has 0 bridgehead atoms. The van der Waals surface area contributed by atoms with Gasteiger partial charge in [-0.15, -0.1) is 0 Å². The van der Waals surface area contributed by atoms with E-state index in [9.17, 15) is 25.0 Å². The van der Waals surface area contributed by atoms with Gasteiger partial charge in [-0.05, 0) is 17.7 Å². The maximum absolute atomic E-state index is 12.6. The number of rotatable bonds is 6. The van der Waals surface area contributed by atoms with Crippen LogP contribution in [-0.4, -0.2) is 26.3 Å². The highest BCUT2D eigenvalue weighted by Gasteiger charge is 2.28. The number of aromatic nitrogens is 1. The van der Waals surface area contributed by atoms with E-state index in [1.807, 2.05) is 60.8 Å². The van der Waals surface area contributed by atoms with Crippen LogP contribution in [0.25, 0.3) is 17.0 Å². The third kappa shape index (κ3) is 4.27. The summed E-state index contributed by atoms with van der Waals surface area (Å²) in [5, 5.41) is 23.3. The third-order valence-corrected chi connectivity index (χ3v) is 5.50. The predicted molar refractivity (Wildman–Crippen MR) is 128 cm³/mol. The Bertz CT molecular complexity index is 1540. The van der Waals surface area contributed by atoms with Crippen LogP contribution in [0.5, 0.6) is 0 Å². The number of carbonyl (C=O) groups excluding carboxylic acids is 1. The zero-order valence-corrected chi connectivity index (χ0v) is 18.0. The molecule has 1 aliphatic heterocycles. The lowest BCUT2D eigenvalue weighted by Gasteiger charge is -2.05. The van der Waals surface area contributed by atoms with E-state index in [2.05, 4.69) is 9.56 Å². The largest absolute Gasteiger partial charge is 0.402 e. The van der Waals surface area contributed by atoms with Gasteiger partial charge in [0.15, 0.2) is 5.70 Å². The Kier molecular flexibility index (Phi) is 5.38. The molecule has 2 heterocycles. The molecule has 0 N–H and O–H groups in total. The van der Waals surface area contributed by atoms with Crippen molar-refractivity contribution >= 4 is 40.2 Å². The van der Waals surface area contributed by atoms with Gasteiger partial charge in [-0.2, -0.15) is 0 Å². The van der Waals surface area contributed by atoms with Crippen molar-refractivity contribution in [2.24, 2.45) is 4.99 Å². The van der Waals surface area contributed by atoms with Crippen LogP contribution in [0.1, 0.15) is 16.7 Å². The fourth-order valence-corrected chi connectivity index (χ4v) is 3.91. The number of carbonyl (C=O) groups is 1. The second-order valence-corrected chi connectivity index (χ2v) is 7.80. The summed E-state index contributed by atoms with van der Waals surface area (Å²) in [5.74, 6) is -0.991. The van der Waals surface area contributed by atoms with Gasteiger partial charge >= 0.3 is 5.97 Å². The summed E-state index contributed by atoms with van der Waals surface area (Å²) >= 11 is 0. The van der Waals surface area contributed by atoms with Crippen molar-refractivity contribution in [2.45, 2.75) is 6.54 Å². The smallest absolute Gasteiger partial charge is 0.363 e. The number of non-ortho nitro benzene ring substituents is 2. The van der Waals surface area contributed by atoms with Crippen molar-refractivity contribution in [2.75, 3.05) is 0 Å². The standard InChI is InChI=1S/C25H16N4O6/c30-25-22(26-24(35-25)17-10-19(28(31)32)13-20(11-17)29(33)34)12-18-15-27(14-16-6-2-1-3-7-16)23-9-5-4-8-21(18)23/h1-13,15H,14H2/b22-12-. The van der Waals surface area contributed by atoms with E-state index in [0.717, 1.165) is 40.2 Å². The Morgan fingerprint density at radius 3 is 2.26 bits per heavy atom. The van der Waals surface area contributed by atoms with Crippen LogP contribution in [0.2, 0.25) is 0 Å². The summed E-state index contributed by atoms with van der Waals surface area (Å²) < 4.78 is 7.27. The van der Waals surface area contributed by atoms with Gasteiger partial charge < -0.3 is 9.30 Å². The molecule has 0 fully saturated rings. The lowest BCUT2D eigenvalue weighted by atomic mass is 10.1. The first-order valence-electron chi connectivity index (χ1n) is 10.5. The van der Waals surface area contributed by atoms with Gasteiger partial charge in [-0.25, -0.2) is 9.79 Å². The number of nitro groups is 2. The Balaban J connectivity index is 1.55. The highest BCUT2D eigenvalue weighted by atomic mass is 16.6. The van der Waals surface area contributed by atoms with Gasteiger partial charge in [0.1, 0.15) is 0 Å². The third-order valence-electron chi connectivity index (χ3n) is 5.50. The van der Waals surface area contributed by atoms with Gasteiger partial charge in [0.25, 0.3) is 11.4 Å². The molecule has 10 nitrogen and oxygen atoms in total.